The number of aromatic nitrogens is 3. The molecule has 0 radical (unpaired) electrons. The van der Waals surface area contributed by atoms with Crippen LogP contribution in [0.4, 0.5) is 0 Å². The van der Waals surface area contributed by atoms with E-state index in [4.69, 9.17) is 5.73 Å². The van der Waals surface area contributed by atoms with Crippen LogP contribution in [-0.4, -0.2) is 21.3 Å². The molecule has 0 aliphatic carbocycles. The van der Waals surface area contributed by atoms with Gasteiger partial charge in [0.2, 0.25) is 0 Å². The average Bonchev–Trinajstić information content (AvgIpc) is 2.63. The van der Waals surface area contributed by atoms with E-state index in [1.807, 2.05) is 37.4 Å². The molecular formula is C11H16Cl2N4. The molecule has 2 N–H and O–H groups in total. The zero-order valence-electron chi connectivity index (χ0n) is 9.54. The van der Waals surface area contributed by atoms with Crippen LogP contribution in [0.15, 0.2) is 30.3 Å². The van der Waals surface area contributed by atoms with Crippen LogP contribution in [0.2, 0.25) is 0 Å². The number of nitrogens with two attached hydrogens (primary N) is 1. The van der Waals surface area contributed by atoms with E-state index >= 15 is 0 Å². The minimum Gasteiger partial charge on any atom is -0.330 e. The molecule has 1 aromatic carbocycles. The molecule has 0 bridgehead atoms. The van der Waals surface area contributed by atoms with Gasteiger partial charge in [0.1, 0.15) is 5.82 Å². The largest absolute Gasteiger partial charge is 0.330 e. The maximum atomic E-state index is 5.50. The van der Waals surface area contributed by atoms with Gasteiger partial charge in [0.25, 0.3) is 0 Å². The molecule has 0 atom stereocenters. The number of aryl methyl sites for hydroxylation is 1. The van der Waals surface area contributed by atoms with Crippen LogP contribution < -0.4 is 5.73 Å². The van der Waals surface area contributed by atoms with Crippen LogP contribution >= 0.6 is 24.8 Å². The summed E-state index contributed by atoms with van der Waals surface area (Å²) in [5, 5.41) is 4.35. The molecule has 1 heterocycles. The first-order valence-corrected chi connectivity index (χ1v) is 4.96. The van der Waals surface area contributed by atoms with Gasteiger partial charge in [-0.05, 0) is 6.54 Å². The lowest BCUT2D eigenvalue weighted by Crippen LogP contribution is -2.08. The highest BCUT2D eigenvalue weighted by atomic mass is 35.5. The van der Waals surface area contributed by atoms with Crippen molar-refractivity contribution in [3.8, 4) is 11.4 Å². The van der Waals surface area contributed by atoms with E-state index in [9.17, 15) is 0 Å². The fourth-order valence-electron chi connectivity index (χ4n) is 1.47. The maximum absolute atomic E-state index is 5.50. The Morgan fingerprint density at radius 3 is 2.41 bits per heavy atom. The van der Waals surface area contributed by atoms with Crippen molar-refractivity contribution in [3.05, 3.63) is 36.2 Å². The minimum atomic E-state index is 0. The van der Waals surface area contributed by atoms with Crippen LogP contribution in [-0.2, 0) is 13.5 Å². The molecule has 6 heteroatoms. The molecule has 17 heavy (non-hydrogen) atoms. The third-order valence-electron chi connectivity index (χ3n) is 2.25. The highest BCUT2D eigenvalue weighted by Crippen LogP contribution is 2.14. The molecule has 1 aromatic heterocycles. The van der Waals surface area contributed by atoms with Crippen molar-refractivity contribution in [1.82, 2.24) is 14.8 Å². The van der Waals surface area contributed by atoms with Gasteiger partial charge in [-0.3, -0.25) is 4.68 Å². The summed E-state index contributed by atoms with van der Waals surface area (Å²) in [7, 11) is 1.89. The highest BCUT2D eigenvalue weighted by molar-refractivity contribution is 5.85. The van der Waals surface area contributed by atoms with E-state index in [0.29, 0.717) is 6.54 Å². The molecule has 4 nitrogen and oxygen atoms in total. The lowest BCUT2D eigenvalue weighted by atomic mass is 10.2. The van der Waals surface area contributed by atoms with Crippen molar-refractivity contribution in [2.45, 2.75) is 6.42 Å². The Morgan fingerprint density at radius 1 is 1.18 bits per heavy atom. The van der Waals surface area contributed by atoms with Crippen molar-refractivity contribution in [2.24, 2.45) is 12.8 Å². The van der Waals surface area contributed by atoms with Crippen LogP contribution in [0, 0.1) is 0 Å². The predicted molar refractivity (Wildman–Crippen MR) is 73.7 cm³/mol. The van der Waals surface area contributed by atoms with Crippen LogP contribution in [0.3, 0.4) is 0 Å². The third-order valence-corrected chi connectivity index (χ3v) is 2.25. The van der Waals surface area contributed by atoms with Crippen molar-refractivity contribution in [1.29, 1.82) is 0 Å². The quantitative estimate of drug-likeness (QED) is 0.929. The van der Waals surface area contributed by atoms with Gasteiger partial charge in [0, 0.05) is 19.0 Å². The van der Waals surface area contributed by atoms with Gasteiger partial charge in [-0.25, -0.2) is 4.98 Å². The Bertz CT molecular complexity index is 442. The van der Waals surface area contributed by atoms with E-state index in [1.54, 1.807) is 4.68 Å². The SMILES string of the molecule is Cl.Cl.Cn1nc(-c2ccccc2)nc1CCN. The first kappa shape index (κ1) is 15.9. The summed E-state index contributed by atoms with van der Waals surface area (Å²) >= 11 is 0. The molecular weight excluding hydrogens is 259 g/mol. The number of halogens is 2. The van der Waals surface area contributed by atoms with Gasteiger partial charge >= 0.3 is 0 Å². The van der Waals surface area contributed by atoms with Gasteiger partial charge < -0.3 is 5.73 Å². The van der Waals surface area contributed by atoms with Gasteiger partial charge in [-0.2, -0.15) is 5.10 Å². The van der Waals surface area contributed by atoms with E-state index in [2.05, 4.69) is 10.1 Å². The first-order valence-electron chi connectivity index (χ1n) is 4.96. The molecule has 0 spiro atoms. The molecule has 0 amide bonds. The molecule has 0 aliphatic heterocycles. The lowest BCUT2D eigenvalue weighted by Gasteiger charge is -1.93. The van der Waals surface area contributed by atoms with Crippen LogP contribution in [0.1, 0.15) is 5.82 Å². The molecule has 0 fully saturated rings. The lowest BCUT2D eigenvalue weighted by molar-refractivity contribution is 0.697. The van der Waals surface area contributed by atoms with E-state index in [1.165, 1.54) is 0 Å². The van der Waals surface area contributed by atoms with E-state index in [0.717, 1.165) is 23.6 Å². The second-order valence-electron chi connectivity index (χ2n) is 3.38. The van der Waals surface area contributed by atoms with Gasteiger partial charge in [0.15, 0.2) is 5.82 Å². The van der Waals surface area contributed by atoms with Gasteiger partial charge in [0.05, 0.1) is 0 Å². The molecule has 0 saturated carbocycles. The summed E-state index contributed by atoms with van der Waals surface area (Å²) < 4.78 is 1.79. The number of hydrogen-bond donors (Lipinski definition) is 1. The van der Waals surface area contributed by atoms with Gasteiger partial charge in [-0.15, -0.1) is 24.8 Å². The van der Waals surface area contributed by atoms with Crippen molar-refractivity contribution < 1.29 is 0 Å². The second-order valence-corrected chi connectivity index (χ2v) is 3.38. The maximum Gasteiger partial charge on any atom is 0.181 e. The van der Waals surface area contributed by atoms with Crippen LogP contribution in [0.5, 0.6) is 0 Å². The zero-order chi connectivity index (χ0) is 10.7. The van der Waals surface area contributed by atoms with Gasteiger partial charge in [-0.1, -0.05) is 30.3 Å². The number of hydrogen-bond acceptors (Lipinski definition) is 3. The molecule has 0 saturated heterocycles. The number of rotatable bonds is 3. The first-order chi connectivity index (χ1) is 7.31. The molecule has 0 aliphatic rings. The summed E-state index contributed by atoms with van der Waals surface area (Å²) in [5.41, 5.74) is 6.53. The van der Waals surface area contributed by atoms with Crippen molar-refractivity contribution >= 4 is 24.8 Å². The van der Waals surface area contributed by atoms with E-state index < -0.39 is 0 Å². The smallest absolute Gasteiger partial charge is 0.181 e. The van der Waals surface area contributed by atoms with Crippen molar-refractivity contribution in [2.75, 3.05) is 6.54 Å². The zero-order valence-corrected chi connectivity index (χ0v) is 11.2. The predicted octanol–water partition coefficient (Wildman–Crippen LogP) is 1.83. The summed E-state index contributed by atoms with van der Waals surface area (Å²) in [4.78, 5) is 4.44. The topological polar surface area (TPSA) is 56.7 Å². The Hall–Kier alpha value is -1.10. The molecule has 2 rings (SSSR count). The Kier molecular flexibility index (Phi) is 6.80. The monoisotopic (exact) mass is 274 g/mol. The third kappa shape index (κ3) is 3.70. The number of nitrogens with zero attached hydrogens (tertiary/aromatic N) is 3. The Labute approximate surface area is 113 Å². The summed E-state index contributed by atoms with van der Waals surface area (Å²) in [6.07, 6.45) is 0.760. The standard InChI is InChI=1S/C11H14N4.2ClH/c1-15-10(7-8-12)13-11(14-15)9-5-3-2-4-6-9;;/h2-6H,7-8,12H2,1H3;2*1H. The number of benzene rings is 1. The van der Waals surface area contributed by atoms with E-state index in [-0.39, 0.29) is 24.8 Å². The molecule has 94 valence electrons. The fourth-order valence-corrected chi connectivity index (χ4v) is 1.47. The summed E-state index contributed by atoms with van der Waals surface area (Å²) in [5.74, 6) is 1.69. The van der Waals surface area contributed by atoms with Crippen molar-refractivity contribution in [3.63, 3.8) is 0 Å². The Balaban J connectivity index is 0.00000128. The fraction of sp³-hybridized carbons (Fsp3) is 0.273. The molecule has 2 aromatic rings. The molecule has 0 unspecified atom stereocenters. The van der Waals surface area contributed by atoms with Crippen LogP contribution in [0.25, 0.3) is 11.4 Å². The second kappa shape index (κ2) is 7.27. The minimum absolute atomic E-state index is 0. The Morgan fingerprint density at radius 2 is 1.82 bits per heavy atom. The summed E-state index contributed by atoms with van der Waals surface area (Å²) in [6, 6.07) is 9.94. The average molecular weight is 275 g/mol. The normalized spacial score (nSPS) is 9.29. The highest BCUT2D eigenvalue weighted by Gasteiger charge is 2.07. The summed E-state index contributed by atoms with van der Waals surface area (Å²) in [6.45, 7) is 0.598.